The Balaban J connectivity index is 1.78. The van der Waals surface area contributed by atoms with Crippen molar-refractivity contribution < 1.29 is 9.53 Å². The van der Waals surface area contributed by atoms with Gasteiger partial charge >= 0.3 is 0 Å². The number of aryl methyl sites for hydroxylation is 1. The van der Waals surface area contributed by atoms with Gasteiger partial charge in [-0.3, -0.25) is 19.7 Å². The number of amides is 1. The Morgan fingerprint density at radius 1 is 1.13 bits per heavy atom. The van der Waals surface area contributed by atoms with E-state index in [9.17, 15) is 4.79 Å². The number of rotatable bonds is 8. The minimum atomic E-state index is -0.113. The molecule has 3 aromatic rings. The summed E-state index contributed by atoms with van der Waals surface area (Å²) in [6, 6.07) is 10.9. The molecule has 0 bridgehead atoms. The Morgan fingerprint density at radius 2 is 1.90 bits per heavy atom. The number of nitrogens with one attached hydrogen (secondary N) is 1. The van der Waals surface area contributed by atoms with Crippen molar-refractivity contribution in [1.82, 2.24) is 14.9 Å². The van der Waals surface area contributed by atoms with Crippen molar-refractivity contribution in [1.29, 1.82) is 0 Å². The molecule has 0 aliphatic rings. The van der Waals surface area contributed by atoms with Crippen LogP contribution >= 0.6 is 11.6 Å². The number of carbonyl (C=O) groups excluding carboxylic acids is 1. The average Bonchev–Trinajstić information content (AvgIpc) is 2.73. The van der Waals surface area contributed by atoms with Crippen molar-refractivity contribution in [2.75, 3.05) is 19.0 Å². The molecule has 30 heavy (non-hydrogen) atoms. The zero-order chi connectivity index (χ0) is 21.5. The number of hydrogen-bond acceptors (Lipinski definition) is 5. The number of ether oxygens (including phenoxy) is 1. The van der Waals surface area contributed by atoms with E-state index in [4.69, 9.17) is 16.3 Å². The van der Waals surface area contributed by atoms with E-state index in [0.29, 0.717) is 23.8 Å². The highest BCUT2D eigenvalue weighted by molar-refractivity contribution is 6.30. The summed E-state index contributed by atoms with van der Waals surface area (Å²) in [7, 11) is 1.66. The molecule has 2 aromatic heterocycles. The Bertz CT molecular complexity index is 994. The van der Waals surface area contributed by atoms with Gasteiger partial charge in [-0.2, -0.15) is 0 Å². The second-order valence-corrected chi connectivity index (χ2v) is 7.54. The van der Waals surface area contributed by atoms with E-state index in [0.717, 1.165) is 28.1 Å². The zero-order valence-corrected chi connectivity index (χ0v) is 18.1. The molecule has 0 radical (unpaired) electrons. The predicted octanol–water partition coefficient (Wildman–Crippen LogP) is 4.40. The minimum Gasteiger partial charge on any atom is -0.496 e. The smallest absolute Gasteiger partial charge is 0.238 e. The van der Waals surface area contributed by atoms with E-state index in [1.54, 1.807) is 50.0 Å². The van der Waals surface area contributed by atoms with Gasteiger partial charge < -0.3 is 10.1 Å². The summed E-state index contributed by atoms with van der Waals surface area (Å²) < 4.78 is 5.53. The normalized spacial score (nSPS) is 10.8. The molecule has 3 rings (SSSR count). The second kappa shape index (κ2) is 10.2. The van der Waals surface area contributed by atoms with E-state index < -0.39 is 0 Å². The van der Waals surface area contributed by atoms with Crippen LogP contribution in [0.25, 0.3) is 0 Å². The number of methoxy groups -OCH3 is 1. The van der Waals surface area contributed by atoms with Crippen molar-refractivity contribution in [3.05, 3.63) is 82.4 Å². The van der Waals surface area contributed by atoms with Crippen LogP contribution in [0.1, 0.15) is 22.4 Å². The number of benzene rings is 1. The molecule has 1 amide bonds. The number of nitrogens with zero attached hydrogens (tertiary/aromatic N) is 3. The third kappa shape index (κ3) is 5.78. The monoisotopic (exact) mass is 424 g/mol. The standard InChI is InChI=1S/C23H25ClN4O2/c1-16-11-26-21(17(2)23(16)30-3)14-28(13-18-5-4-10-25-12-18)15-22(29)27-20-8-6-19(24)7-9-20/h4-12H,13-15H2,1-3H3,(H,27,29). The van der Waals surface area contributed by atoms with Crippen molar-refractivity contribution in [3.8, 4) is 5.75 Å². The zero-order valence-electron chi connectivity index (χ0n) is 17.4. The molecule has 7 heteroatoms. The van der Waals surface area contributed by atoms with Crippen molar-refractivity contribution in [2.45, 2.75) is 26.9 Å². The highest BCUT2D eigenvalue weighted by Crippen LogP contribution is 2.25. The number of hydrogen-bond donors (Lipinski definition) is 1. The topological polar surface area (TPSA) is 67.3 Å². The molecule has 0 unspecified atom stereocenters. The number of pyridine rings is 2. The molecule has 0 saturated heterocycles. The van der Waals surface area contributed by atoms with Crippen LogP contribution in [0.15, 0.2) is 55.0 Å². The van der Waals surface area contributed by atoms with Gasteiger partial charge in [0.15, 0.2) is 0 Å². The van der Waals surface area contributed by atoms with Gasteiger partial charge in [0, 0.05) is 53.5 Å². The summed E-state index contributed by atoms with van der Waals surface area (Å²) in [5.41, 5.74) is 4.57. The molecule has 156 valence electrons. The maximum absolute atomic E-state index is 12.7. The molecule has 0 aliphatic heterocycles. The average molecular weight is 425 g/mol. The van der Waals surface area contributed by atoms with Gasteiger partial charge in [0.25, 0.3) is 0 Å². The van der Waals surface area contributed by atoms with E-state index in [2.05, 4.69) is 15.3 Å². The molecule has 0 atom stereocenters. The molecule has 1 aromatic carbocycles. The summed E-state index contributed by atoms with van der Waals surface area (Å²) >= 11 is 5.92. The Labute approximate surface area is 181 Å². The van der Waals surface area contributed by atoms with E-state index in [1.165, 1.54) is 0 Å². The highest BCUT2D eigenvalue weighted by atomic mass is 35.5. The van der Waals surface area contributed by atoms with Gasteiger partial charge in [-0.15, -0.1) is 0 Å². The van der Waals surface area contributed by atoms with Crippen LogP contribution in [-0.2, 0) is 17.9 Å². The Hall–Kier alpha value is -2.96. The van der Waals surface area contributed by atoms with E-state index in [1.807, 2.05) is 30.9 Å². The SMILES string of the molecule is COc1c(C)cnc(CN(CC(=O)Nc2ccc(Cl)cc2)Cc2cccnc2)c1C. The summed E-state index contributed by atoms with van der Waals surface area (Å²) in [6.07, 6.45) is 5.34. The Kier molecular flexibility index (Phi) is 7.38. The Morgan fingerprint density at radius 3 is 2.57 bits per heavy atom. The van der Waals surface area contributed by atoms with Crippen molar-refractivity contribution in [3.63, 3.8) is 0 Å². The molecular formula is C23H25ClN4O2. The molecule has 0 aliphatic carbocycles. The fraction of sp³-hybridized carbons (Fsp3) is 0.261. The van der Waals surface area contributed by atoms with Crippen LogP contribution in [0, 0.1) is 13.8 Å². The van der Waals surface area contributed by atoms with Gasteiger partial charge in [0.05, 0.1) is 19.3 Å². The largest absolute Gasteiger partial charge is 0.496 e. The number of aromatic nitrogens is 2. The van der Waals surface area contributed by atoms with Crippen LogP contribution in [-0.4, -0.2) is 34.4 Å². The van der Waals surface area contributed by atoms with Crippen LogP contribution in [0.2, 0.25) is 5.02 Å². The summed E-state index contributed by atoms with van der Waals surface area (Å²) in [4.78, 5) is 23.5. The molecule has 1 N–H and O–H groups in total. The quantitative estimate of drug-likeness (QED) is 0.580. The van der Waals surface area contributed by atoms with Crippen molar-refractivity contribution >= 4 is 23.2 Å². The minimum absolute atomic E-state index is 0.113. The maximum atomic E-state index is 12.7. The summed E-state index contributed by atoms with van der Waals surface area (Å²) in [6.45, 7) is 5.24. The predicted molar refractivity (Wildman–Crippen MR) is 119 cm³/mol. The lowest BCUT2D eigenvalue weighted by molar-refractivity contribution is -0.117. The maximum Gasteiger partial charge on any atom is 0.238 e. The van der Waals surface area contributed by atoms with Gasteiger partial charge in [-0.25, -0.2) is 0 Å². The molecule has 6 nitrogen and oxygen atoms in total. The second-order valence-electron chi connectivity index (χ2n) is 7.11. The number of anilines is 1. The fourth-order valence-corrected chi connectivity index (χ4v) is 3.42. The summed E-state index contributed by atoms with van der Waals surface area (Å²) in [5, 5.41) is 3.54. The van der Waals surface area contributed by atoms with Crippen LogP contribution in [0.3, 0.4) is 0 Å². The van der Waals surface area contributed by atoms with E-state index >= 15 is 0 Å². The molecule has 0 saturated carbocycles. The lowest BCUT2D eigenvalue weighted by atomic mass is 10.1. The molecule has 0 fully saturated rings. The molecule has 2 heterocycles. The lowest BCUT2D eigenvalue weighted by Gasteiger charge is -2.23. The van der Waals surface area contributed by atoms with Crippen LogP contribution in [0.4, 0.5) is 5.69 Å². The third-order valence-electron chi connectivity index (χ3n) is 4.75. The molecule has 0 spiro atoms. The molecular weight excluding hydrogens is 400 g/mol. The first-order chi connectivity index (χ1) is 14.5. The highest BCUT2D eigenvalue weighted by Gasteiger charge is 2.17. The van der Waals surface area contributed by atoms with Gasteiger partial charge in [-0.05, 0) is 49.7 Å². The van der Waals surface area contributed by atoms with Gasteiger partial charge in [0.2, 0.25) is 5.91 Å². The first-order valence-corrected chi connectivity index (χ1v) is 10.00. The number of carbonyl (C=O) groups is 1. The summed E-state index contributed by atoms with van der Waals surface area (Å²) in [5.74, 6) is 0.713. The first kappa shape index (κ1) is 21.7. The van der Waals surface area contributed by atoms with Gasteiger partial charge in [-0.1, -0.05) is 17.7 Å². The fourth-order valence-electron chi connectivity index (χ4n) is 3.30. The lowest BCUT2D eigenvalue weighted by Crippen LogP contribution is -2.33. The van der Waals surface area contributed by atoms with Crippen molar-refractivity contribution in [2.24, 2.45) is 0 Å². The van der Waals surface area contributed by atoms with Crippen LogP contribution in [0.5, 0.6) is 5.75 Å². The first-order valence-electron chi connectivity index (χ1n) is 9.62. The van der Waals surface area contributed by atoms with E-state index in [-0.39, 0.29) is 12.5 Å². The third-order valence-corrected chi connectivity index (χ3v) is 5.00. The van der Waals surface area contributed by atoms with Gasteiger partial charge in [0.1, 0.15) is 5.75 Å². The number of halogens is 1. The van der Waals surface area contributed by atoms with Crippen LogP contribution < -0.4 is 10.1 Å².